The summed E-state index contributed by atoms with van der Waals surface area (Å²) in [6.45, 7) is 8.08. The van der Waals surface area contributed by atoms with E-state index >= 15 is 0 Å². The molecular weight excluding hydrogens is 450 g/mol. The molecular formula is C27H28ClN3O3. The lowest BCUT2D eigenvalue weighted by atomic mass is 10.1. The van der Waals surface area contributed by atoms with Crippen molar-refractivity contribution in [1.82, 2.24) is 14.0 Å². The molecule has 0 amide bonds. The van der Waals surface area contributed by atoms with Crippen molar-refractivity contribution in [2.75, 3.05) is 13.2 Å². The zero-order valence-corrected chi connectivity index (χ0v) is 20.4. The van der Waals surface area contributed by atoms with Crippen LogP contribution in [0.1, 0.15) is 32.0 Å². The molecule has 0 radical (unpaired) electrons. The summed E-state index contributed by atoms with van der Waals surface area (Å²) in [4.78, 5) is 14.9. The number of benzene rings is 2. The Kier molecular flexibility index (Phi) is 5.88. The summed E-state index contributed by atoms with van der Waals surface area (Å²) in [7, 11) is 0. The zero-order valence-electron chi connectivity index (χ0n) is 19.6. The molecule has 4 aromatic rings. The van der Waals surface area contributed by atoms with Crippen molar-refractivity contribution >= 4 is 28.6 Å². The van der Waals surface area contributed by atoms with E-state index in [2.05, 4.69) is 39.9 Å². The van der Waals surface area contributed by atoms with Gasteiger partial charge in [-0.25, -0.2) is 4.79 Å². The molecule has 0 spiro atoms. The van der Waals surface area contributed by atoms with Gasteiger partial charge in [-0.2, -0.15) is 0 Å². The Balaban J connectivity index is 1.42. The fraction of sp³-hybridized carbons (Fsp3) is 0.296. The van der Waals surface area contributed by atoms with E-state index < -0.39 is 5.60 Å². The molecule has 1 aliphatic rings. The molecule has 0 aliphatic carbocycles. The molecule has 0 saturated carbocycles. The molecule has 1 aliphatic heterocycles. The lowest BCUT2D eigenvalue weighted by Crippen LogP contribution is -2.30. The normalized spacial score (nSPS) is 14.5. The summed E-state index contributed by atoms with van der Waals surface area (Å²) < 4.78 is 15.3. The maximum Gasteiger partial charge on any atom is 0.418 e. The second-order valence-corrected chi connectivity index (χ2v) is 9.98. The van der Waals surface area contributed by atoms with E-state index in [1.165, 1.54) is 5.39 Å². The fourth-order valence-electron chi connectivity index (χ4n) is 4.36. The molecule has 0 unspecified atom stereocenters. The number of ether oxygens (including phenoxy) is 2. The average molecular weight is 478 g/mol. The lowest BCUT2D eigenvalue weighted by Gasteiger charge is -2.23. The highest BCUT2D eigenvalue weighted by Gasteiger charge is 2.23. The van der Waals surface area contributed by atoms with Gasteiger partial charge in [0.2, 0.25) is 0 Å². The van der Waals surface area contributed by atoms with Crippen LogP contribution in [-0.4, -0.2) is 38.9 Å². The van der Waals surface area contributed by atoms with Crippen molar-refractivity contribution in [3.8, 4) is 11.4 Å². The maximum atomic E-state index is 12.7. The van der Waals surface area contributed by atoms with Crippen molar-refractivity contribution < 1.29 is 14.3 Å². The fourth-order valence-corrected chi connectivity index (χ4v) is 4.64. The Labute approximate surface area is 204 Å². The Hall–Kier alpha value is -3.22. The number of hydrogen-bond donors (Lipinski definition) is 0. The third-order valence-corrected chi connectivity index (χ3v) is 6.12. The summed E-state index contributed by atoms with van der Waals surface area (Å²) in [5, 5.41) is 1.78. The average Bonchev–Trinajstić information content (AvgIpc) is 3.35. The molecule has 2 aromatic heterocycles. The van der Waals surface area contributed by atoms with E-state index in [9.17, 15) is 4.79 Å². The van der Waals surface area contributed by atoms with Gasteiger partial charge in [0.05, 0.1) is 10.5 Å². The van der Waals surface area contributed by atoms with Crippen LogP contribution in [0.25, 0.3) is 16.6 Å². The van der Waals surface area contributed by atoms with Crippen LogP contribution in [0, 0.1) is 0 Å². The number of rotatable bonds is 3. The van der Waals surface area contributed by atoms with Gasteiger partial charge in [-0.3, -0.25) is 9.47 Å². The third kappa shape index (κ3) is 4.56. The number of carbonyl (C=O) groups excluding carboxylic acids is 1. The minimum atomic E-state index is -0.552. The van der Waals surface area contributed by atoms with Crippen LogP contribution >= 0.6 is 11.6 Å². The number of nitrogens with zero attached hydrogens (tertiary/aromatic N) is 3. The molecule has 176 valence electrons. The van der Waals surface area contributed by atoms with E-state index in [0.29, 0.717) is 31.3 Å². The number of fused-ring (bicyclic) bond motifs is 2. The van der Waals surface area contributed by atoms with E-state index in [0.717, 1.165) is 28.2 Å². The van der Waals surface area contributed by atoms with Gasteiger partial charge >= 0.3 is 6.09 Å². The Morgan fingerprint density at radius 2 is 1.91 bits per heavy atom. The van der Waals surface area contributed by atoms with Gasteiger partial charge in [0, 0.05) is 49.0 Å². The van der Waals surface area contributed by atoms with Crippen LogP contribution in [0.15, 0.2) is 67.0 Å². The highest BCUT2D eigenvalue weighted by Crippen LogP contribution is 2.35. The summed E-state index contributed by atoms with van der Waals surface area (Å²) in [5.74, 6) is 0.729. The van der Waals surface area contributed by atoms with Gasteiger partial charge in [-0.1, -0.05) is 29.8 Å². The molecule has 5 rings (SSSR count). The van der Waals surface area contributed by atoms with Gasteiger partial charge in [-0.05, 0) is 62.6 Å². The quantitative estimate of drug-likeness (QED) is 0.349. The maximum absolute atomic E-state index is 12.7. The molecule has 0 atom stereocenters. The molecule has 2 aromatic carbocycles. The molecule has 0 N–H and O–H groups in total. The van der Waals surface area contributed by atoms with Gasteiger partial charge in [0.15, 0.2) is 0 Å². The van der Waals surface area contributed by atoms with E-state index in [4.69, 9.17) is 21.1 Å². The molecule has 3 heterocycles. The van der Waals surface area contributed by atoms with Crippen molar-refractivity contribution in [1.29, 1.82) is 0 Å². The Bertz CT molecular complexity index is 1350. The van der Waals surface area contributed by atoms with Gasteiger partial charge in [-0.15, -0.1) is 0 Å². The second kappa shape index (κ2) is 8.85. The number of carbonyl (C=O) groups is 1. The lowest BCUT2D eigenvalue weighted by molar-refractivity contribution is 0.0528. The Morgan fingerprint density at radius 3 is 2.74 bits per heavy atom. The highest BCUT2D eigenvalue weighted by atomic mass is 35.5. The molecule has 6 nitrogen and oxygen atoms in total. The predicted molar refractivity (Wildman–Crippen MR) is 134 cm³/mol. The molecule has 7 heteroatoms. The van der Waals surface area contributed by atoms with Crippen LogP contribution in [-0.2, 0) is 17.8 Å². The first-order chi connectivity index (χ1) is 16.3. The van der Waals surface area contributed by atoms with Crippen molar-refractivity contribution in [3.63, 3.8) is 0 Å². The minimum Gasteiger partial charge on any atom is -0.490 e. The predicted octanol–water partition coefficient (Wildman–Crippen LogP) is 6.26. The van der Waals surface area contributed by atoms with E-state index in [1.807, 2.05) is 51.1 Å². The highest BCUT2D eigenvalue weighted by molar-refractivity contribution is 6.32. The molecule has 0 fully saturated rings. The SMILES string of the molecule is CC(C)(C)OC(=O)n1cccc1CN1CCOc2c(Cl)cc(-n3ccc4ccccc43)cc2C1. The van der Waals surface area contributed by atoms with E-state index in [1.54, 1.807) is 10.8 Å². The van der Waals surface area contributed by atoms with Crippen LogP contribution in [0.3, 0.4) is 0 Å². The molecule has 34 heavy (non-hydrogen) atoms. The first-order valence-electron chi connectivity index (χ1n) is 11.4. The summed E-state index contributed by atoms with van der Waals surface area (Å²) in [6.07, 6.45) is 3.44. The summed E-state index contributed by atoms with van der Waals surface area (Å²) in [6, 6.07) is 18.3. The number of para-hydroxylation sites is 1. The van der Waals surface area contributed by atoms with Crippen LogP contribution in [0.4, 0.5) is 4.79 Å². The zero-order chi connectivity index (χ0) is 23.9. The van der Waals surface area contributed by atoms with Gasteiger partial charge in [0.1, 0.15) is 18.0 Å². The van der Waals surface area contributed by atoms with Gasteiger partial charge in [0.25, 0.3) is 0 Å². The number of hydrogen-bond acceptors (Lipinski definition) is 4. The van der Waals surface area contributed by atoms with Crippen LogP contribution in [0.5, 0.6) is 5.75 Å². The molecule has 0 saturated heterocycles. The smallest absolute Gasteiger partial charge is 0.418 e. The monoisotopic (exact) mass is 477 g/mol. The largest absolute Gasteiger partial charge is 0.490 e. The standard InChI is InChI=1S/C27H28ClN3O3/c1-27(2,3)34-26(32)31-11-6-8-21(31)18-29-13-14-33-25-20(17-29)15-22(16-23(25)28)30-12-10-19-7-4-5-9-24(19)30/h4-12,15-16H,13-14,17-18H2,1-3H3. The van der Waals surface area contributed by atoms with E-state index in [-0.39, 0.29) is 6.09 Å². The topological polar surface area (TPSA) is 48.6 Å². The third-order valence-electron chi connectivity index (χ3n) is 5.84. The first-order valence-corrected chi connectivity index (χ1v) is 11.8. The van der Waals surface area contributed by atoms with Crippen molar-refractivity contribution in [2.24, 2.45) is 0 Å². The van der Waals surface area contributed by atoms with Crippen molar-refractivity contribution in [3.05, 3.63) is 83.3 Å². The summed E-state index contributed by atoms with van der Waals surface area (Å²) in [5.41, 5.74) is 3.46. The second-order valence-electron chi connectivity index (χ2n) is 9.57. The Morgan fingerprint density at radius 1 is 1.09 bits per heavy atom. The molecule has 0 bridgehead atoms. The van der Waals surface area contributed by atoms with Crippen LogP contribution in [0.2, 0.25) is 5.02 Å². The first kappa shape index (κ1) is 22.6. The minimum absolute atomic E-state index is 0.371. The summed E-state index contributed by atoms with van der Waals surface area (Å²) >= 11 is 6.68. The number of halogens is 1. The van der Waals surface area contributed by atoms with Crippen molar-refractivity contribution in [2.45, 2.75) is 39.5 Å². The van der Waals surface area contributed by atoms with Crippen LogP contribution < -0.4 is 4.74 Å². The van der Waals surface area contributed by atoms with Gasteiger partial charge < -0.3 is 14.0 Å². The number of aromatic nitrogens is 2.